The van der Waals surface area contributed by atoms with Crippen LogP contribution in [0.2, 0.25) is 0 Å². The van der Waals surface area contributed by atoms with Gasteiger partial charge in [0, 0.05) is 0 Å². The standard InChI is InChI=1S/C10H6F16O.CH2O3/c11-3(12)7(19,20)9(23,24)5(15,16)1-27-2-6(17,18)10(25,26)8(21,22)4(13)14;2-1(3)4/h3-4H,1-2H2;(H2,2,3,4). The van der Waals surface area contributed by atoms with Crippen LogP contribution in [0.25, 0.3) is 0 Å². The third-order valence-electron chi connectivity index (χ3n) is 2.87. The molecule has 0 aromatic carbocycles. The molecule has 0 rings (SSSR count). The molecule has 0 aromatic rings. The van der Waals surface area contributed by atoms with Crippen molar-refractivity contribution in [2.24, 2.45) is 0 Å². The highest BCUT2D eigenvalue weighted by atomic mass is 19.4. The molecule has 0 fully saturated rings. The van der Waals surface area contributed by atoms with Gasteiger partial charge in [0.25, 0.3) is 0 Å². The van der Waals surface area contributed by atoms with Gasteiger partial charge in [-0.2, -0.15) is 52.7 Å². The van der Waals surface area contributed by atoms with Crippen LogP contribution in [0.5, 0.6) is 0 Å². The molecule has 188 valence electrons. The lowest BCUT2D eigenvalue weighted by Crippen LogP contribution is -2.61. The van der Waals surface area contributed by atoms with Gasteiger partial charge in [-0.05, 0) is 0 Å². The number of carboxylic acid groups (broad SMARTS) is 2. The fourth-order valence-electron chi connectivity index (χ4n) is 1.25. The van der Waals surface area contributed by atoms with Gasteiger partial charge >= 0.3 is 54.5 Å². The van der Waals surface area contributed by atoms with Gasteiger partial charge in [-0.1, -0.05) is 0 Å². The van der Waals surface area contributed by atoms with Gasteiger partial charge in [-0.25, -0.2) is 22.4 Å². The first-order valence-electron chi connectivity index (χ1n) is 6.65. The number of ether oxygens (including phenoxy) is 1. The van der Waals surface area contributed by atoms with Crippen molar-refractivity contribution in [2.75, 3.05) is 13.2 Å². The molecule has 4 nitrogen and oxygen atoms in total. The Bertz CT molecular complexity index is 542. The van der Waals surface area contributed by atoms with Crippen molar-refractivity contribution in [2.45, 2.75) is 48.4 Å². The summed E-state index contributed by atoms with van der Waals surface area (Å²) < 4.78 is 202. The number of hydrogen-bond acceptors (Lipinski definition) is 2. The summed E-state index contributed by atoms with van der Waals surface area (Å²) in [5.74, 6) is -40.1. The van der Waals surface area contributed by atoms with Crippen LogP contribution in [0.4, 0.5) is 75.0 Å². The Balaban J connectivity index is 0. The predicted octanol–water partition coefficient (Wildman–Crippen LogP) is 5.57. The molecule has 0 aromatic heterocycles. The van der Waals surface area contributed by atoms with Crippen molar-refractivity contribution in [1.82, 2.24) is 0 Å². The minimum atomic E-state index is -6.95. The number of rotatable bonds is 10. The SMILES string of the molecule is FC(F)C(F)(F)C(F)(F)C(F)(F)COCC(F)(F)C(F)(F)C(F)(F)C(F)F.O=C(O)O. The molecule has 0 amide bonds. The van der Waals surface area contributed by atoms with E-state index in [1.165, 1.54) is 0 Å². The fourth-order valence-corrected chi connectivity index (χ4v) is 1.25. The number of carbonyl (C=O) groups is 1. The van der Waals surface area contributed by atoms with E-state index >= 15 is 0 Å². The van der Waals surface area contributed by atoms with E-state index in [1.54, 1.807) is 0 Å². The lowest BCUT2D eigenvalue weighted by Gasteiger charge is -2.34. The Labute approximate surface area is 159 Å². The van der Waals surface area contributed by atoms with Crippen LogP contribution in [0.3, 0.4) is 0 Å². The highest BCUT2D eigenvalue weighted by molar-refractivity contribution is 5.53. The number of hydrogen-bond donors (Lipinski definition) is 2. The van der Waals surface area contributed by atoms with E-state index in [0.717, 1.165) is 0 Å². The van der Waals surface area contributed by atoms with Gasteiger partial charge in [-0.15, -0.1) is 0 Å². The summed E-state index contributed by atoms with van der Waals surface area (Å²) in [7, 11) is 0. The largest absolute Gasteiger partial charge is 0.503 e. The second kappa shape index (κ2) is 9.72. The molecule has 0 unspecified atom stereocenters. The Kier molecular flexibility index (Phi) is 9.81. The molecule has 0 bridgehead atoms. The summed E-state index contributed by atoms with van der Waals surface area (Å²) in [6, 6.07) is 0. The zero-order valence-corrected chi connectivity index (χ0v) is 13.8. The first-order chi connectivity index (χ1) is 13.3. The van der Waals surface area contributed by atoms with Crippen molar-refractivity contribution < 1.29 is 90.0 Å². The predicted molar refractivity (Wildman–Crippen MR) is 63.2 cm³/mol. The average molecular weight is 508 g/mol. The molecular formula is C11H8F16O4. The molecule has 20 heteroatoms. The highest BCUT2D eigenvalue weighted by Gasteiger charge is 2.77. The second-order valence-corrected chi connectivity index (χ2v) is 5.18. The van der Waals surface area contributed by atoms with Crippen molar-refractivity contribution in [1.29, 1.82) is 0 Å². The minimum absolute atomic E-state index is 1.83. The smallest absolute Gasteiger partial charge is 0.450 e. The van der Waals surface area contributed by atoms with Crippen molar-refractivity contribution in [3.8, 4) is 0 Å². The Morgan fingerprint density at radius 2 is 0.806 bits per heavy atom. The van der Waals surface area contributed by atoms with E-state index < -0.39 is 67.8 Å². The lowest BCUT2D eigenvalue weighted by molar-refractivity contribution is -0.360. The summed E-state index contributed by atoms with van der Waals surface area (Å²) in [4.78, 5) is 8.56. The Morgan fingerprint density at radius 1 is 0.613 bits per heavy atom. The third kappa shape index (κ3) is 6.55. The Morgan fingerprint density at radius 3 is 0.968 bits per heavy atom. The van der Waals surface area contributed by atoms with Crippen LogP contribution in [0.15, 0.2) is 0 Å². The minimum Gasteiger partial charge on any atom is -0.450 e. The normalized spacial score (nSPS) is 14.5. The van der Waals surface area contributed by atoms with Crippen LogP contribution in [-0.4, -0.2) is 78.0 Å². The van der Waals surface area contributed by atoms with Gasteiger partial charge in [0.15, 0.2) is 0 Å². The Hall–Kier alpha value is -1.89. The van der Waals surface area contributed by atoms with Crippen LogP contribution >= 0.6 is 0 Å². The summed E-state index contributed by atoms with van der Waals surface area (Å²) >= 11 is 0. The lowest BCUT2D eigenvalue weighted by atomic mass is 10.0. The zero-order valence-electron chi connectivity index (χ0n) is 13.8. The quantitative estimate of drug-likeness (QED) is 0.379. The fraction of sp³-hybridized carbons (Fsp3) is 0.909. The molecule has 0 heterocycles. The van der Waals surface area contributed by atoms with Gasteiger partial charge in [0.2, 0.25) is 0 Å². The van der Waals surface area contributed by atoms with E-state index in [2.05, 4.69) is 4.74 Å². The summed E-state index contributed by atoms with van der Waals surface area (Å²) in [5.41, 5.74) is 0. The van der Waals surface area contributed by atoms with Gasteiger partial charge in [0.05, 0.1) is 0 Å². The van der Waals surface area contributed by atoms with Gasteiger partial charge in [-0.3, -0.25) is 0 Å². The average Bonchev–Trinajstić information content (AvgIpc) is 2.52. The second-order valence-electron chi connectivity index (χ2n) is 5.18. The van der Waals surface area contributed by atoms with Crippen LogP contribution in [-0.2, 0) is 4.74 Å². The zero-order chi connectivity index (χ0) is 25.9. The van der Waals surface area contributed by atoms with E-state index in [-0.39, 0.29) is 0 Å². The molecular weight excluding hydrogens is 500 g/mol. The van der Waals surface area contributed by atoms with E-state index in [4.69, 9.17) is 15.0 Å². The molecule has 2 N–H and O–H groups in total. The molecule has 0 saturated carbocycles. The van der Waals surface area contributed by atoms with E-state index in [9.17, 15) is 70.2 Å². The van der Waals surface area contributed by atoms with Gasteiger partial charge < -0.3 is 14.9 Å². The van der Waals surface area contributed by atoms with Crippen molar-refractivity contribution in [3.05, 3.63) is 0 Å². The summed E-state index contributed by atoms with van der Waals surface area (Å²) in [6.07, 6.45) is -12.6. The molecule has 0 saturated heterocycles. The molecule has 0 radical (unpaired) electrons. The van der Waals surface area contributed by atoms with Crippen molar-refractivity contribution in [3.63, 3.8) is 0 Å². The first-order valence-corrected chi connectivity index (χ1v) is 6.65. The number of halogens is 16. The molecule has 0 atom stereocenters. The molecule has 0 aliphatic rings. The molecule has 0 spiro atoms. The van der Waals surface area contributed by atoms with Gasteiger partial charge in [0.1, 0.15) is 13.2 Å². The van der Waals surface area contributed by atoms with E-state index in [1.807, 2.05) is 0 Å². The molecule has 31 heavy (non-hydrogen) atoms. The maximum atomic E-state index is 12.9. The highest BCUT2D eigenvalue weighted by Crippen LogP contribution is 2.50. The maximum absolute atomic E-state index is 12.9. The summed E-state index contributed by atoms with van der Waals surface area (Å²) in [6.45, 7) is -6.68. The maximum Gasteiger partial charge on any atom is 0.503 e. The monoisotopic (exact) mass is 508 g/mol. The topological polar surface area (TPSA) is 66.8 Å². The number of alkyl halides is 16. The molecule has 0 aliphatic heterocycles. The van der Waals surface area contributed by atoms with Crippen LogP contribution in [0.1, 0.15) is 0 Å². The van der Waals surface area contributed by atoms with E-state index in [0.29, 0.717) is 0 Å². The van der Waals surface area contributed by atoms with Crippen LogP contribution < -0.4 is 0 Å². The first kappa shape index (κ1) is 31.3. The molecule has 0 aliphatic carbocycles. The van der Waals surface area contributed by atoms with Crippen LogP contribution in [0, 0.1) is 0 Å². The summed E-state index contributed by atoms with van der Waals surface area (Å²) in [5, 5.41) is 13.9. The third-order valence-corrected chi connectivity index (χ3v) is 2.87. The van der Waals surface area contributed by atoms with Crippen molar-refractivity contribution >= 4 is 6.16 Å².